The number of hydrogen-bond donors (Lipinski definition) is 2. The van der Waals surface area contributed by atoms with E-state index < -0.39 is 0 Å². The van der Waals surface area contributed by atoms with Gasteiger partial charge in [0.25, 0.3) is 0 Å². The molecule has 0 saturated carbocycles. The van der Waals surface area contributed by atoms with Crippen LogP contribution in [0.15, 0.2) is 158 Å². The summed E-state index contributed by atoms with van der Waals surface area (Å²) >= 11 is 8.92. The van der Waals surface area contributed by atoms with Crippen molar-refractivity contribution in [1.29, 1.82) is 0 Å². The summed E-state index contributed by atoms with van der Waals surface area (Å²) in [4.78, 5) is 0. The Balaban J connectivity index is 0.892. The molecule has 0 N–H and O–H groups in total. The molecule has 2 heteroatoms. The average molecular weight is 823 g/mol. The Bertz CT molecular complexity index is 2890. The van der Waals surface area contributed by atoms with E-state index in [4.69, 9.17) is 0 Å². The minimum Gasteiger partial charge on any atom is -0.175 e. The van der Waals surface area contributed by atoms with Gasteiger partial charge in [-0.25, -0.2) is 0 Å². The van der Waals surface area contributed by atoms with Crippen molar-refractivity contribution < 1.29 is 0 Å². The summed E-state index contributed by atoms with van der Waals surface area (Å²) in [7, 11) is 0. The molecular formula is C59H50S2. The molecule has 0 amide bonds. The third-order valence-corrected chi connectivity index (χ3v) is 15.4. The highest BCUT2D eigenvalue weighted by atomic mass is 32.1. The zero-order valence-electron chi connectivity index (χ0n) is 35.8. The summed E-state index contributed by atoms with van der Waals surface area (Å²) in [6.07, 6.45) is 0. The lowest BCUT2D eigenvalue weighted by atomic mass is 9.79. The van der Waals surface area contributed by atoms with Crippen LogP contribution in [0.5, 0.6) is 0 Å². The van der Waals surface area contributed by atoms with Crippen molar-refractivity contribution in [2.45, 2.75) is 69.3 Å². The van der Waals surface area contributed by atoms with Crippen LogP contribution in [-0.4, -0.2) is 0 Å². The molecule has 0 bridgehead atoms. The average Bonchev–Trinajstić information content (AvgIpc) is 3.77. The first-order chi connectivity index (χ1) is 29.4. The monoisotopic (exact) mass is 822 g/mol. The lowest BCUT2D eigenvalue weighted by Gasteiger charge is -2.24. The van der Waals surface area contributed by atoms with Crippen molar-refractivity contribution in [3.8, 4) is 77.9 Å². The fourth-order valence-electron chi connectivity index (χ4n) is 10.9. The zero-order valence-corrected chi connectivity index (χ0v) is 37.6. The zero-order chi connectivity index (χ0) is 42.0. The normalized spacial score (nSPS) is 15.4. The maximum atomic E-state index is 4.46. The Morgan fingerprint density at radius 2 is 0.443 bits per heavy atom. The summed E-state index contributed by atoms with van der Waals surface area (Å²) in [5.74, 6) is 1.51. The van der Waals surface area contributed by atoms with Crippen molar-refractivity contribution in [2.24, 2.45) is 0 Å². The third-order valence-electron chi connectivity index (χ3n) is 14.6. The molecule has 0 fully saturated rings. The molecule has 298 valence electrons. The lowest BCUT2D eigenvalue weighted by molar-refractivity contribution is 0.659. The second-order valence-electron chi connectivity index (χ2n) is 19.1. The number of benzene rings is 8. The number of rotatable bonds is 6. The standard InChI is InChI=1S/C59H50S2/c1-57(2)51-27-39(37-11-7-35(33-60)8-12-37)15-21-45(51)47-23-17-41(29-53(47)57)43-19-25-49-50-26-20-44(32-56(50)59(5,6)55(49)31-43)42-18-24-48-46-22-16-40(38-13-9-36(34-61)10-14-38)28-52(46)58(3,4)54(48)30-42/h7-32,60-61H,33-34H2,1-6H3. The molecule has 0 unspecified atom stereocenters. The second-order valence-corrected chi connectivity index (χ2v) is 19.8. The van der Waals surface area contributed by atoms with Crippen LogP contribution in [0.1, 0.15) is 86.1 Å². The first-order valence-electron chi connectivity index (χ1n) is 21.7. The van der Waals surface area contributed by atoms with E-state index in [9.17, 15) is 0 Å². The van der Waals surface area contributed by atoms with Crippen molar-refractivity contribution in [1.82, 2.24) is 0 Å². The predicted molar refractivity (Wildman–Crippen MR) is 266 cm³/mol. The molecule has 3 aliphatic rings. The van der Waals surface area contributed by atoms with E-state index in [0.29, 0.717) is 0 Å². The fourth-order valence-corrected chi connectivity index (χ4v) is 11.3. The summed E-state index contributed by atoms with van der Waals surface area (Å²) in [5, 5.41) is 0. The molecular weight excluding hydrogens is 773 g/mol. The van der Waals surface area contributed by atoms with Gasteiger partial charge in [0.05, 0.1) is 0 Å². The largest absolute Gasteiger partial charge is 0.175 e. The Morgan fingerprint density at radius 1 is 0.262 bits per heavy atom. The third kappa shape index (κ3) is 5.82. The van der Waals surface area contributed by atoms with Gasteiger partial charge in [-0.15, -0.1) is 0 Å². The van der Waals surface area contributed by atoms with Gasteiger partial charge in [-0.05, 0) is 159 Å². The van der Waals surface area contributed by atoms with Gasteiger partial charge in [0.1, 0.15) is 0 Å². The van der Waals surface area contributed by atoms with Crippen LogP contribution in [0.4, 0.5) is 0 Å². The topological polar surface area (TPSA) is 0 Å². The molecule has 0 heterocycles. The Kier molecular flexibility index (Phi) is 8.64. The van der Waals surface area contributed by atoms with Crippen LogP contribution >= 0.6 is 25.3 Å². The Morgan fingerprint density at radius 3 is 0.639 bits per heavy atom. The molecule has 0 aromatic heterocycles. The summed E-state index contributed by atoms with van der Waals surface area (Å²) < 4.78 is 0. The highest BCUT2D eigenvalue weighted by molar-refractivity contribution is 7.79. The van der Waals surface area contributed by atoms with Crippen LogP contribution in [0.3, 0.4) is 0 Å². The first-order valence-corrected chi connectivity index (χ1v) is 22.9. The molecule has 3 aliphatic carbocycles. The summed E-state index contributed by atoms with van der Waals surface area (Å²) in [6, 6.07) is 60.4. The maximum absolute atomic E-state index is 4.46. The van der Waals surface area contributed by atoms with Crippen molar-refractivity contribution in [3.05, 3.63) is 202 Å². The van der Waals surface area contributed by atoms with Gasteiger partial charge in [0.2, 0.25) is 0 Å². The van der Waals surface area contributed by atoms with Gasteiger partial charge < -0.3 is 0 Å². The smallest absolute Gasteiger partial charge is 0.0159 e. The fraction of sp³-hybridized carbons (Fsp3) is 0.186. The second kappa shape index (κ2) is 13.7. The highest BCUT2D eigenvalue weighted by Gasteiger charge is 2.39. The minimum absolute atomic E-state index is 0.109. The molecule has 8 aromatic rings. The Hall–Kier alpha value is -5.54. The van der Waals surface area contributed by atoms with E-state index in [1.807, 2.05) is 0 Å². The van der Waals surface area contributed by atoms with E-state index in [1.165, 1.54) is 122 Å². The molecule has 0 atom stereocenters. The lowest BCUT2D eigenvalue weighted by Crippen LogP contribution is -2.16. The molecule has 0 radical (unpaired) electrons. The molecule has 0 aliphatic heterocycles. The van der Waals surface area contributed by atoms with Crippen molar-refractivity contribution >= 4 is 25.3 Å². The van der Waals surface area contributed by atoms with Gasteiger partial charge in [-0.2, -0.15) is 25.3 Å². The van der Waals surface area contributed by atoms with E-state index >= 15 is 0 Å². The van der Waals surface area contributed by atoms with Crippen LogP contribution < -0.4 is 0 Å². The number of hydrogen-bond acceptors (Lipinski definition) is 2. The van der Waals surface area contributed by atoms with Crippen LogP contribution in [0, 0.1) is 0 Å². The van der Waals surface area contributed by atoms with Crippen molar-refractivity contribution in [2.75, 3.05) is 0 Å². The quantitative estimate of drug-likeness (QED) is 0.153. The van der Waals surface area contributed by atoms with E-state index in [1.54, 1.807) is 0 Å². The highest BCUT2D eigenvalue weighted by Crippen LogP contribution is 2.54. The summed E-state index contributed by atoms with van der Waals surface area (Å²) in [5.41, 5.74) is 28.7. The number of thiol groups is 2. The Labute approximate surface area is 372 Å². The molecule has 8 aromatic carbocycles. The first kappa shape index (κ1) is 38.4. The van der Waals surface area contributed by atoms with Crippen LogP contribution in [-0.2, 0) is 27.8 Å². The van der Waals surface area contributed by atoms with Gasteiger partial charge >= 0.3 is 0 Å². The number of fused-ring (bicyclic) bond motifs is 9. The molecule has 61 heavy (non-hydrogen) atoms. The van der Waals surface area contributed by atoms with Crippen LogP contribution in [0.2, 0.25) is 0 Å². The maximum Gasteiger partial charge on any atom is 0.0159 e. The van der Waals surface area contributed by atoms with Gasteiger partial charge in [0, 0.05) is 27.8 Å². The SMILES string of the molecule is CC1(C)c2cc(-c3ccc(CS)cc3)ccc2-c2ccc(-c3ccc4c(c3)C(C)(C)c3cc(-c5ccc6c(c5)C(C)(C)c5cc(-c7ccc(CS)cc7)ccc5-6)ccc3-4)cc21. The molecule has 0 nitrogen and oxygen atoms in total. The van der Waals surface area contributed by atoms with Gasteiger partial charge in [0.15, 0.2) is 0 Å². The van der Waals surface area contributed by atoms with Gasteiger partial charge in [-0.1, -0.05) is 163 Å². The van der Waals surface area contributed by atoms with E-state index in [2.05, 4.69) is 225 Å². The molecule has 0 spiro atoms. The predicted octanol–water partition coefficient (Wildman–Crippen LogP) is 16.1. The minimum atomic E-state index is -0.141. The molecule has 0 saturated heterocycles. The molecule has 11 rings (SSSR count). The summed E-state index contributed by atoms with van der Waals surface area (Å²) in [6.45, 7) is 14.4. The van der Waals surface area contributed by atoms with E-state index in [-0.39, 0.29) is 16.2 Å². The van der Waals surface area contributed by atoms with Crippen LogP contribution in [0.25, 0.3) is 77.9 Å². The van der Waals surface area contributed by atoms with E-state index in [0.717, 1.165) is 11.5 Å². The van der Waals surface area contributed by atoms with Crippen molar-refractivity contribution in [3.63, 3.8) is 0 Å². The van der Waals surface area contributed by atoms with Gasteiger partial charge in [-0.3, -0.25) is 0 Å².